The Labute approximate surface area is 450 Å². The minimum absolute atomic E-state index is 0.0563. The first-order chi connectivity index (χ1) is 34.7. The number of aliphatic hydroxyl groups excluding tert-OH is 2. The summed E-state index contributed by atoms with van der Waals surface area (Å²) in [6, 6.07) is 15.0. The molecule has 0 saturated carbocycles. The molecule has 6 N–H and O–H groups in total. The minimum atomic E-state index is -0.960. The maximum absolute atomic E-state index is 13.6. The quantitative estimate of drug-likeness (QED) is 0.0655. The number of nitrogens with one attached hydrogen (secondary N) is 3. The third-order valence-electron chi connectivity index (χ3n) is 12.4. The van der Waals surface area contributed by atoms with Crippen molar-refractivity contribution < 1.29 is 53.6 Å². The summed E-state index contributed by atoms with van der Waals surface area (Å²) in [7, 11) is 0. The van der Waals surface area contributed by atoms with E-state index in [9.17, 15) is 39.0 Å². The van der Waals surface area contributed by atoms with Crippen molar-refractivity contribution in [1.82, 2.24) is 30.8 Å². The number of aromatic nitrogens is 2. The van der Waals surface area contributed by atoms with E-state index in [-0.39, 0.29) is 49.6 Å². The van der Waals surface area contributed by atoms with E-state index >= 15 is 0 Å². The van der Waals surface area contributed by atoms with Crippen molar-refractivity contribution in [2.75, 3.05) is 13.1 Å². The van der Waals surface area contributed by atoms with Crippen LogP contribution in [0.2, 0.25) is 0 Å². The molecule has 6 rings (SSSR count). The molecule has 0 bridgehead atoms. The third kappa shape index (κ3) is 19.8. The van der Waals surface area contributed by atoms with Crippen LogP contribution >= 0.6 is 22.7 Å². The van der Waals surface area contributed by atoms with Crippen molar-refractivity contribution in [2.24, 2.45) is 22.7 Å². The van der Waals surface area contributed by atoms with Gasteiger partial charge in [-0.25, -0.2) is 9.97 Å². The molecule has 19 heteroatoms. The molecule has 0 unspecified atom stereocenters. The molecule has 2 saturated heterocycles. The first kappa shape index (κ1) is 61.9. The zero-order chi connectivity index (χ0) is 56.2. The molecular formula is C56H80N6O11S2. The fourth-order valence-corrected chi connectivity index (χ4v) is 10.00. The molecule has 412 valence electrons. The minimum Gasteiger partial charge on any atom is -0.481 e. The van der Waals surface area contributed by atoms with Gasteiger partial charge in [0.25, 0.3) is 0 Å². The Bertz CT molecular complexity index is 2550. The van der Waals surface area contributed by atoms with E-state index in [0.717, 1.165) is 38.5 Å². The number of carboxylic acid groups (broad SMARTS) is 1. The van der Waals surface area contributed by atoms with Crippen molar-refractivity contribution in [1.29, 1.82) is 0 Å². The predicted octanol–water partition coefficient (Wildman–Crippen LogP) is 8.01. The van der Waals surface area contributed by atoms with Crippen LogP contribution < -0.4 is 16.0 Å². The highest BCUT2D eigenvalue weighted by molar-refractivity contribution is 7.13. The number of β-amino-alcohol motifs (C(OH)–C–C–N with tert-alkyl or cyclic N) is 2. The van der Waals surface area contributed by atoms with Crippen LogP contribution in [0, 0.1) is 36.5 Å². The molecule has 0 aliphatic carbocycles. The summed E-state index contributed by atoms with van der Waals surface area (Å²) in [4.78, 5) is 86.2. The van der Waals surface area contributed by atoms with E-state index in [1.165, 1.54) is 9.78 Å². The Balaban J connectivity index is 0.000000270. The number of ether oxygens (including phenoxy) is 2. The predicted molar refractivity (Wildman–Crippen MR) is 291 cm³/mol. The Hall–Kier alpha value is -5.60. The van der Waals surface area contributed by atoms with Gasteiger partial charge in [-0.15, -0.1) is 22.7 Å². The Morgan fingerprint density at radius 3 is 1.44 bits per heavy atom. The smallest absolute Gasteiger partial charge is 0.307 e. The van der Waals surface area contributed by atoms with E-state index in [4.69, 9.17) is 14.6 Å². The number of rotatable bonds is 14. The maximum Gasteiger partial charge on any atom is 0.307 e. The summed E-state index contributed by atoms with van der Waals surface area (Å²) in [5, 5.41) is 37.7. The van der Waals surface area contributed by atoms with E-state index in [1.54, 1.807) is 85.0 Å². The zero-order valence-corrected chi connectivity index (χ0v) is 47.8. The molecule has 2 aromatic heterocycles. The highest BCUT2D eigenvalue weighted by Gasteiger charge is 2.45. The van der Waals surface area contributed by atoms with Gasteiger partial charge >= 0.3 is 17.9 Å². The van der Waals surface area contributed by atoms with Crippen molar-refractivity contribution in [2.45, 2.75) is 171 Å². The number of hydrogen-bond donors (Lipinski definition) is 6. The van der Waals surface area contributed by atoms with Crippen molar-refractivity contribution >= 4 is 58.3 Å². The van der Waals surface area contributed by atoms with Crippen molar-refractivity contribution in [3.8, 4) is 20.9 Å². The first-order valence-corrected chi connectivity index (χ1v) is 27.1. The van der Waals surface area contributed by atoms with Gasteiger partial charge in [-0.1, -0.05) is 90.1 Å². The van der Waals surface area contributed by atoms with Crippen LogP contribution in [0.5, 0.6) is 0 Å². The number of benzene rings is 2. The van der Waals surface area contributed by atoms with Gasteiger partial charge in [0, 0.05) is 32.6 Å². The molecule has 3 amide bonds. The molecule has 2 aromatic carbocycles. The average molecular weight is 1080 g/mol. The Kier molecular flexibility index (Phi) is 21.8. The van der Waals surface area contributed by atoms with Crippen molar-refractivity contribution in [3.05, 3.63) is 82.1 Å². The van der Waals surface area contributed by atoms with E-state index in [1.807, 2.05) is 82.0 Å². The molecule has 75 heavy (non-hydrogen) atoms. The van der Waals surface area contributed by atoms with Gasteiger partial charge in [-0.3, -0.25) is 28.8 Å². The second kappa shape index (κ2) is 26.4. The van der Waals surface area contributed by atoms with Gasteiger partial charge < -0.3 is 45.6 Å². The lowest BCUT2D eigenvalue weighted by Crippen LogP contribution is -2.50. The summed E-state index contributed by atoms with van der Waals surface area (Å²) in [5.74, 6) is -3.99. The largest absolute Gasteiger partial charge is 0.481 e. The number of aliphatic carboxylic acids is 1. The van der Waals surface area contributed by atoms with Crippen LogP contribution in [-0.4, -0.2) is 114 Å². The molecule has 2 aliphatic rings. The second-order valence-corrected chi connectivity index (χ2v) is 25.1. The lowest BCUT2D eigenvalue weighted by Gasteiger charge is -2.35. The van der Waals surface area contributed by atoms with Gasteiger partial charge in [0.05, 0.1) is 75.1 Å². The Morgan fingerprint density at radius 2 is 1.08 bits per heavy atom. The standard InChI is InChI=1S/C28H39N3O5S.C16H19N3O2S.C12H22O4/c1-17-24(37-16-30-17)19-10-8-18(9-11-19)14-29-25(34)22-12-20(32)15-31(22)26(35)21(27(2,3)4)13-23(33)36-28(5,6)7;1-10-15(22-9-19-10)12-4-2-11(3-5-12)7-18-16(21)14-6-13(20)8-17-14;1-11(2,3)8(10(14)15)7-9(13)16-12(4,5)6/h8-11,16,20-22,32H,12-15H2,1-7H3,(H,29,34);2-5,9,13-14,17,20H,6-8H2,1H3,(H,18,21);8H,7H2,1-6H3,(H,14,15)/t20-,21-,22+;13-,14+;8-/m111/s1. The van der Waals surface area contributed by atoms with Gasteiger partial charge in [0.2, 0.25) is 17.7 Å². The lowest BCUT2D eigenvalue weighted by atomic mass is 9.77. The Morgan fingerprint density at radius 1 is 0.653 bits per heavy atom. The molecule has 4 aromatic rings. The third-order valence-corrected chi connectivity index (χ3v) is 14.4. The molecule has 4 heterocycles. The summed E-state index contributed by atoms with van der Waals surface area (Å²) in [6.07, 6.45) is -0.760. The molecule has 2 aliphatic heterocycles. The van der Waals surface area contributed by atoms with Gasteiger partial charge in [-0.05, 0) is 94.9 Å². The summed E-state index contributed by atoms with van der Waals surface area (Å²) >= 11 is 3.22. The van der Waals surface area contributed by atoms with E-state index < -0.39 is 70.0 Å². The average Bonchev–Trinajstić information content (AvgIpc) is 4.12. The van der Waals surface area contributed by atoms with Crippen LogP contribution in [0.25, 0.3) is 20.9 Å². The lowest BCUT2D eigenvalue weighted by molar-refractivity contribution is -0.162. The SMILES string of the molecule is CC(C)(C)OC(=O)C[C@H](C(=O)O)C(C)(C)C.Cc1ncsc1-c1ccc(CNC(=O)[C@@H]2C[C@@H](O)CN2)cc1.Cc1ncsc1-c1ccc(CNC(=O)[C@@H]2C[C@@H](O)CN2C(=O)[C@@H](CC(=O)OC(C)(C)C)C(C)(C)C)cc1. The number of carbonyl (C=O) groups excluding carboxylic acids is 5. The fourth-order valence-electron chi connectivity index (χ4n) is 8.38. The maximum atomic E-state index is 13.6. The number of likely N-dealkylation sites (tertiary alicyclic amines) is 1. The number of carbonyl (C=O) groups is 6. The molecule has 0 spiro atoms. The topological polar surface area (TPSA) is 247 Å². The van der Waals surface area contributed by atoms with Crippen LogP contribution in [0.15, 0.2) is 59.6 Å². The number of esters is 2. The summed E-state index contributed by atoms with van der Waals surface area (Å²) < 4.78 is 10.6. The van der Waals surface area contributed by atoms with Crippen LogP contribution in [-0.2, 0) is 51.3 Å². The van der Waals surface area contributed by atoms with Gasteiger partial charge in [0.15, 0.2) is 0 Å². The fraction of sp³-hybridized carbons (Fsp3) is 0.571. The van der Waals surface area contributed by atoms with Gasteiger partial charge in [0.1, 0.15) is 17.2 Å². The highest BCUT2D eigenvalue weighted by Crippen LogP contribution is 2.35. The molecule has 2 fully saturated rings. The van der Waals surface area contributed by atoms with Crippen molar-refractivity contribution in [3.63, 3.8) is 0 Å². The number of amides is 3. The summed E-state index contributed by atoms with van der Waals surface area (Å²) in [6.45, 7) is 27.0. The summed E-state index contributed by atoms with van der Waals surface area (Å²) in [5.41, 5.74) is 7.66. The van der Waals surface area contributed by atoms with Crippen LogP contribution in [0.1, 0.15) is 131 Å². The van der Waals surface area contributed by atoms with Crippen LogP contribution in [0.4, 0.5) is 0 Å². The van der Waals surface area contributed by atoms with E-state index in [0.29, 0.717) is 26.1 Å². The first-order valence-electron chi connectivity index (χ1n) is 25.3. The normalized spacial score (nSPS) is 18.6. The van der Waals surface area contributed by atoms with E-state index in [2.05, 4.69) is 38.1 Å². The number of carboxylic acids is 1. The second-order valence-electron chi connectivity index (χ2n) is 23.4. The molecule has 6 atom stereocenters. The zero-order valence-electron chi connectivity index (χ0n) is 46.2. The number of thiazole rings is 2. The number of nitrogens with zero attached hydrogens (tertiary/aromatic N) is 3. The molecular weight excluding hydrogens is 997 g/mol. The number of aryl methyl sites for hydroxylation is 2. The molecule has 17 nitrogen and oxygen atoms in total. The van der Waals surface area contributed by atoms with Crippen LogP contribution in [0.3, 0.4) is 0 Å². The number of aliphatic hydroxyl groups is 2. The van der Waals surface area contributed by atoms with Gasteiger partial charge in [-0.2, -0.15) is 0 Å². The highest BCUT2D eigenvalue weighted by atomic mass is 32.1. The number of hydrogen-bond acceptors (Lipinski definition) is 15. The monoisotopic (exact) mass is 1080 g/mol. The molecule has 0 radical (unpaired) electrons.